The zero-order valence-electron chi connectivity index (χ0n) is 11.6. The Labute approximate surface area is 119 Å². The third-order valence-electron chi connectivity index (χ3n) is 3.01. The molecule has 1 unspecified atom stereocenters. The lowest BCUT2D eigenvalue weighted by atomic mass is 10.0. The molecule has 7 heteroatoms. The van der Waals surface area contributed by atoms with E-state index in [2.05, 4.69) is 9.84 Å². The van der Waals surface area contributed by atoms with E-state index in [0.717, 1.165) is 11.4 Å². The van der Waals surface area contributed by atoms with Crippen molar-refractivity contribution in [2.75, 3.05) is 0 Å². The summed E-state index contributed by atoms with van der Waals surface area (Å²) in [5.74, 6) is -0.392. The van der Waals surface area contributed by atoms with Crippen LogP contribution in [-0.4, -0.2) is 21.2 Å². The molecule has 0 amide bonds. The van der Waals surface area contributed by atoms with Gasteiger partial charge >= 0.3 is 6.36 Å². The van der Waals surface area contributed by atoms with E-state index in [0.29, 0.717) is 0 Å². The van der Waals surface area contributed by atoms with Crippen LogP contribution in [0.25, 0.3) is 0 Å². The normalized spacial score (nSPS) is 13.2. The van der Waals surface area contributed by atoms with Crippen LogP contribution in [0.4, 0.5) is 13.2 Å². The minimum absolute atomic E-state index is 0.0914. The summed E-state index contributed by atoms with van der Waals surface area (Å²) in [4.78, 5) is 0. The summed E-state index contributed by atoms with van der Waals surface area (Å²) >= 11 is 0. The standard InChI is InChI=1S/C14H15F3N2O2/c1-9-7-10(19(2)18-9)8-12(20)11-5-3-4-6-13(11)21-14(15,16)17/h3-7,12,20H,8H2,1-2H3. The molecule has 1 aromatic carbocycles. The number of aryl methyl sites for hydroxylation is 2. The van der Waals surface area contributed by atoms with Gasteiger partial charge in [0.2, 0.25) is 0 Å². The molecule has 1 N–H and O–H groups in total. The molecule has 1 atom stereocenters. The van der Waals surface area contributed by atoms with Crippen LogP contribution in [0.1, 0.15) is 23.1 Å². The minimum Gasteiger partial charge on any atom is -0.405 e. The molecule has 0 bridgehead atoms. The van der Waals surface area contributed by atoms with Gasteiger partial charge in [-0.1, -0.05) is 18.2 Å². The molecular formula is C14H15F3N2O2. The van der Waals surface area contributed by atoms with E-state index in [-0.39, 0.29) is 12.0 Å². The number of alkyl halides is 3. The summed E-state index contributed by atoms with van der Waals surface area (Å²) in [6, 6.07) is 7.34. The molecule has 0 radical (unpaired) electrons. The van der Waals surface area contributed by atoms with Gasteiger partial charge in [-0.05, 0) is 19.1 Å². The monoisotopic (exact) mass is 300 g/mol. The molecule has 0 aliphatic carbocycles. The van der Waals surface area contributed by atoms with Crippen LogP contribution < -0.4 is 4.74 Å². The molecule has 0 saturated heterocycles. The third kappa shape index (κ3) is 3.98. The SMILES string of the molecule is Cc1cc(CC(O)c2ccccc2OC(F)(F)F)n(C)n1. The number of ether oxygens (including phenoxy) is 1. The van der Waals surface area contributed by atoms with Crippen LogP contribution in [0, 0.1) is 6.92 Å². The molecule has 21 heavy (non-hydrogen) atoms. The van der Waals surface area contributed by atoms with Crippen molar-refractivity contribution in [1.82, 2.24) is 9.78 Å². The number of aromatic nitrogens is 2. The second-order valence-corrected chi connectivity index (χ2v) is 4.71. The molecule has 0 spiro atoms. The van der Waals surface area contributed by atoms with Crippen molar-refractivity contribution in [3.05, 3.63) is 47.3 Å². The van der Waals surface area contributed by atoms with Crippen LogP contribution in [0.5, 0.6) is 5.75 Å². The van der Waals surface area contributed by atoms with Gasteiger partial charge in [0.1, 0.15) is 5.75 Å². The van der Waals surface area contributed by atoms with Crippen LogP contribution in [0.3, 0.4) is 0 Å². The van der Waals surface area contributed by atoms with Gasteiger partial charge in [0, 0.05) is 24.7 Å². The lowest BCUT2D eigenvalue weighted by Crippen LogP contribution is -2.19. The highest BCUT2D eigenvalue weighted by atomic mass is 19.4. The molecule has 114 valence electrons. The Morgan fingerprint density at radius 2 is 2.00 bits per heavy atom. The maximum absolute atomic E-state index is 12.4. The number of aliphatic hydroxyl groups is 1. The first kappa shape index (κ1) is 15.4. The van der Waals surface area contributed by atoms with E-state index in [4.69, 9.17) is 0 Å². The average Bonchev–Trinajstić information content (AvgIpc) is 2.66. The van der Waals surface area contributed by atoms with Crippen LogP contribution in [0.15, 0.2) is 30.3 Å². The predicted molar refractivity (Wildman–Crippen MR) is 69.7 cm³/mol. The number of halogens is 3. The van der Waals surface area contributed by atoms with E-state index >= 15 is 0 Å². The van der Waals surface area contributed by atoms with Gasteiger partial charge in [-0.25, -0.2) is 0 Å². The highest BCUT2D eigenvalue weighted by Crippen LogP contribution is 2.31. The Hall–Kier alpha value is -2.02. The van der Waals surface area contributed by atoms with Crippen molar-refractivity contribution < 1.29 is 23.0 Å². The Morgan fingerprint density at radius 3 is 2.57 bits per heavy atom. The first-order chi connectivity index (χ1) is 9.76. The summed E-state index contributed by atoms with van der Waals surface area (Å²) in [6.45, 7) is 1.80. The summed E-state index contributed by atoms with van der Waals surface area (Å²) in [5, 5.41) is 14.3. The topological polar surface area (TPSA) is 47.3 Å². The van der Waals surface area contributed by atoms with E-state index in [9.17, 15) is 18.3 Å². The number of para-hydroxylation sites is 1. The number of nitrogens with zero attached hydrogens (tertiary/aromatic N) is 2. The largest absolute Gasteiger partial charge is 0.573 e. The van der Waals surface area contributed by atoms with Gasteiger partial charge in [0.05, 0.1) is 11.8 Å². The smallest absolute Gasteiger partial charge is 0.405 e. The fraction of sp³-hybridized carbons (Fsp3) is 0.357. The second kappa shape index (κ2) is 5.77. The molecule has 4 nitrogen and oxygen atoms in total. The molecule has 1 heterocycles. The van der Waals surface area contributed by atoms with Crippen molar-refractivity contribution in [1.29, 1.82) is 0 Å². The van der Waals surface area contributed by atoms with E-state index < -0.39 is 18.2 Å². The van der Waals surface area contributed by atoms with Gasteiger partial charge in [0.15, 0.2) is 0 Å². The van der Waals surface area contributed by atoms with Gasteiger partial charge in [-0.2, -0.15) is 5.10 Å². The summed E-state index contributed by atoms with van der Waals surface area (Å²) in [7, 11) is 1.72. The Balaban J connectivity index is 2.23. The van der Waals surface area contributed by atoms with Crippen molar-refractivity contribution in [2.45, 2.75) is 25.8 Å². The van der Waals surface area contributed by atoms with Crippen LogP contribution in [-0.2, 0) is 13.5 Å². The highest BCUT2D eigenvalue weighted by Gasteiger charge is 2.32. The average molecular weight is 300 g/mol. The molecule has 0 saturated carbocycles. The molecule has 1 aromatic heterocycles. The Bertz CT molecular complexity index is 623. The number of aliphatic hydroxyl groups excluding tert-OH is 1. The highest BCUT2D eigenvalue weighted by molar-refractivity contribution is 5.36. The van der Waals surface area contributed by atoms with Crippen molar-refractivity contribution in [2.24, 2.45) is 7.05 Å². The molecule has 0 aliphatic rings. The van der Waals surface area contributed by atoms with Crippen molar-refractivity contribution >= 4 is 0 Å². The summed E-state index contributed by atoms with van der Waals surface area (Å²) < 4.78 is 42.6. The second-order valence-electron chi connectivity index (χ2n) is 4.71. The van der Waals surface area contributed by atoms with E-state index in [1.165, 1.54) is 18.2 Å². The van der Waals surface area contributed by atoms with Crippen molar-refractivity contribution in [3.63, 3.8) is 0 Å². The quantitative estimate of drug-likeness (QED) is 0.944. The summed E-state index contributed by atoms with van der Waals surface area (Å²) in [6.07, 6.45) is -5.76. The van der Waals surface area contributed by atoms with Gasteiger partial charge < -0.3 is 9.84 Å². The molecule has 0 aliphatic heterocycles. The first-order valence-electron chi connectivity index (χ1n) is 6.28. The fourth-order valence-electron chi connectivity index (χ4n) is 2.14. The van der Waals surface area contributed by atoms with E-state index in [1.807, 2.05) is 0 Å². The third-order valence-corrected chi connectivity index (χ3v) is 3.01. The number of hydrogen-bond acceptors (Lipinski definition) is 3. The molecule has 0 fully saturated rings. The number of benzene rings is 1. The lowest BCUT2D eigenvalue weighted by Gasteiger charge is -2.17. The maximum Gasteiger partial charge on any atom is 0.573 e. The number of hydrogen-bond donors (Lipinski definition) is 1. The minimum atomic E-state index is -4.79. The lowest BCUT2D eigenvalue weighted by molar-refractivity contribution is -0.275. The van der Waals surface area contributed by atoms with Gasteiger partial charge in [-0.3, -0.25) is 4.68 Å². The van der Waals surface area contributed by atoms with Crippen LogP contribution >= 0.6 is 0 Å². The molecule has 2 rings (SSSR count). The Kier molecular flexibility index (Phi) is 4.22. The zero-order chi connectivity index (χ0) is 15.6. The zero-order valence-corrected chi connectivity index (χ0v) is 11.6. The maximum atomic E-state index is 12.4. The first-order valence-corrected chi connectivity index (χ1v) is 6.28. The fourth-order valence-corrected chi connectivity index (χ4v) is 2.14. The van der Waals surface area contributed by atoms with Crippen molar-refractivity contribution in [3.8, 4) is 5.75 Å². The summed E-state index contributed by atoms with van der Waals surface area (Å²) in [5.41, 5.74) is 1.59. The number of rotatable bonds is 4. The molecule has 2 aromatic rings. The predicted octanol–water partition coefficient (Wildman–Crippen LogP) is 2.90. The van der Waals surface area contributed by atoms with Gasteiger partial charge in [-0.15, -0.1) is 13.2 Å². The molecular weight excluding hydrogens is 285 g/mol. The van der Waals surface area contributed by atoms with E-state index in [1.54, 1.807) is 30.8 Å². The Morgan fingerprint density at radius 1 is 1.33 bits per heavy atom. The van der Waals surface area contributed by atoms with Gasteiger partial charge in [0.25, 0.3) is 0 Å². The van der Waals surface area contributed by atoms with Crippen LogP contribution in [0.2, 0.25) is 0 Å².